The number of nitrogens with zero attached hydrogens (tertiary/aromatic N) is 2. The Morgan fingerprint density at radius 1 is 1.35 bits per heavy atom. The summed E-state index contributed by atoms with van der Waals surface area (Å²) in [6, 6.07) is 8.01. The van der Waals surface area contributed by atoms with Crippen LogP contribution in [-0.4, -0.2) is 49.7 Å². The Labute approximate surface area is 144 Å². The molecule has 1 fully saturated rings. The van der Waals surface area contributed by atoms with E-state index < -0.39 is 0 Å². The van der Waals surface area contributed by atoms with E-state index in [-0.39, 0.29) is 0 Å². The molecule has 5 heteroatoms. The average molecular weight is 338 g/mol. The highest BCUT2D eigenvalue weighted by Crippen LogP contribution is 2.14. The second-order valence-corrected chi connectivity index (χ2v) is 6.19. The molecule has 0 atom stereocenters. The van der Waals surface area contributed by atoms with E-state index in [0.29, 0.717) is 6.10 Å². The van der Waals surface area contributed by atoms with Crippen molar-refractivity contribution in [3.05, 3.63) is 34.9 Å². The lowest BCUT2D eigenvalue weighted by molar-refractivity contribution is 0.0264. The lowest BCUT2D eigenvalue weighted by Crippen LogP contribution is -2.47. The largest absolute Gasteiger partial charge is 0.378 e. The topological polar surface area (TPSA) is 36.9 Å². The van der Waals surface area contributed by atoms with Crippen molar-refractivity contribution in [2.75, 3.05) is 32.8 Å². The zero-order valence-corrected chi connectivity index (χ0v) is 15.0. The van der Waals surface area contributed by atoms with Gasteiger partial charge in [-0.25, -0.2) is 0 Å². The maximum Gasteiger partial charge on any atom is 0.193 e. The summed E-state index contributed by atoms with van der Waals surface area (Å²) in [6.07, 6.45) is 3.47. The molecule has 0 aliphatic carbocycles. The van der Waals surface area contributed by atoms with Crippen molar-refractivity contribution >= 4 is 17.6 Å². The molecule has 0 radical (unpaired) electrons. The molecule has 1 aliphatic heterocycles. The number of guanidine groups is 1. The zero-order chi connectivity index (χ0) is 16.5. The van der Waals surface area contributed by atoms with Crippen LogP contribution in [0.5, 0.6) is 0 Å². The Morgan fingerprint density at radius 2 is 2.13 bits per heavy atom. The van der Waals surface area contributed by atoms with Gasteiger partial charge in [-0.3, -0.25) is 4.99 Å². The van der Waals surface area contributed by atoms with Crippen LogP contribution >= 0.6 is 11.6 Å². The van der Waals surface area contributed by atoms with E-state index in [0.717, 1.165) is 63.0 Å². The molecule has 1 aromatic rings. The number of nitrogens with one attached hydrogen (secondary N) is 1. The van der Waals surface area contributed by atoms with E-state index in [1.807, 2.05) is 18.2 Å². The average Bonchev–Trinajstić information content (AvgIpc) is 2.55. The molecule has 0 spiro atoms. The summed E-state index contributed by atoms with van der Waals surface area (Å²) in [7, 11) is 0. The minimum Gasteiger partial charge on any atom is -0.378 e. The summed E-state index contributed by atoms with van der Waals surface area (Å²) >= 11 is 6.03. The van der Waals surface area contributed by atoms with Crippen molar-refractivity contribution in [1.29, 1.82) is 0 Å². The Hall–Kier alpha value is -1.26. The lowest BCUT2D eigenvalue weighted by Gasteiger charge is -2.34. The van der Waals surface area contributed by atoms with E-state index in [1.165, 1.54) is 5.56 Å². The first-order chi connectivity index (χ1) is 11.2. The van der Waals surface area contributed by atoms with Crippen LogP contribution in [0.3, 0.4) is 0 Å². The number of hydrogen-bond acceptors (Lipinski definition) is 2. The molecular weight excluding hydrogens is 310 g/mol. The summed E-state index contributed by atoms with van der Waals surface area (Å²) in [6.45, 7) is 8.66. The number of halogens is 1. The number of piperidine rings is 1. The number of rotatable bonds is 6. The van der Waals surface area contributed by atoms with Crippen molar-refractivity contribution in [1.82, 2.24) is 10.2 Å². The summed E-state index contributed by atoms with van der Waals surface area (Å²) in [4.78, 5) is 7.12. The van der Waals surface area contributed by atoms with Gasteiger partial charge in [0, 0.05) is 37.8 Å². The molecular formula is C18H28ClN3O. The molecule has 0 amide bonds. The molecule has 1 N–H and O–H groups in total. The van der Waals surface area contributed by atoms with Crippen LogP contribution in [0.1, 0.15) is 32.3 Å². The molecule has 1 saturated heterocycles. The fourth-order valence-corrected chi connectivity index (χ4v) is 3.09. The van der Waals surface area contributed by atoms with E-state index in [4.69, 9.17) is 21.3 Å². The lowest BCUT2D eigenvalue weighted by atomic mass is 10.1. The highest BCUT2D eigenvalue weighted by Gasteiger charge is 2.21. The summed E-state index contributed by atoms with van der Waals surface area (Å²) < 4.78 is 5.72. The smallest absolute Gasteiger partial charge is 0.193 e. The van der Waals surface area contributed by atoms with Gasteiger partial charge >= 0.3 is 0 Å². The van der Waals surface area contributed by atoms with E-state index >= 15 is 0 Å². The molecule has 2 rings (SSSR count). The molecule has 1 aromatic carbocycles. The Kier molecular flexibility index (Phi) is 7.69. The molecule has 4 nitrogen and oxygen atoms in total. The van der Waals surface area contributed by atoms with E-state index in [1.54, 1.807) is 0 Å². The molecule has 0 bridgehead atoms. The molecule has 1 heterocycles. The maximum atomic E-state index is 6.03. The van der Waals surface area contributed by atoms with Crippen LogP contribution in [0.25, 0.3) is 0 Å². The summed E-state index contributed by atoms with van der Waals surface area (Å²) in [5.41, 5.74) is 1.23. The number of hydrogen-bond donors (Lipinski definition) is 1. The SMILES string of the molecule is CCNC(=NCCc1cccc(Cl)c1)N1CCC(OCC)CC1. The maximum absolute atomic E-state index is 6.03. The Bertz CT molecular complexity index is 499. The third-order valence-corrected chi connectivity index (χ3v) is 4.26. The second-order valence-electron chi connectivity index (χ2n) is 5.76. The number of ether oxygens (including phenoxy) is 1. The van der Waals surface area contributed by atoms with Gasteiger partial charge in [0.1, 0.15) is 0 Å². The van der Waals surface area contributed by atoms with Crippen LogP contribution in [0, 0.1) is 0 Å². The van der Waals surface area contributed by atoms with Gasteiger partial charge in [-0.15, -0.1) is 0 Å². The predicted molar refractivity (Wildman–Crippen MR) is 97.4 cm³/mol. The predicted octanol–water partition coefficient (Wildman–Crippen LogP) is 3.35. The van der Waals surface area contributed by atoms with Crippen LogP contribution in [0.15, 0.2) is 29.3 Å². The molecule has 23 heavy (non-hydrogen) atoms. The van der Waals surface area contributed by atoms with Gasteiger partial charge in [-0.2, -0.15) is 0 Å². The summed E-state index contributed by atoms with van der Waals surface area (Å²) in [5, 5.41) is 4.19. The first-order valence-corrected chi connectivity index (χ1v) is 9.00. The minimum atomic E-state index is 0.408. The molecule has 0 unspecified atom stereocenters. The fourth-order valence-electron chi connectivity index (χ4n) is 2.88. The second kappa shape index (κ2) is 9.78. The van der Waals surface area contributed by atoms with Crippen molar-refractivity contribution in [3.63, 3.8) is 0 Å². The molecule has 128 valence electrons. The third-order valence-electron chi connectivity index (χ3n) is 4.03. The van der Waals surface area contributed by atoms with Gasteiger partial charge in [-0.1, -0.05) is 23.7 Å². The summed E-state index contributed by atoms with van der Waals surface area (Å²) in [5.74, 6) is 1.02. The Balaban J connectivity index is 1.87. The molecule has 1 aliphatic rings. The van der Waals surface area contributed by atoms with Crippen LogP contribution < -0.4 is 5.32 Å². The Morgan fingerprint density at radius 3 is 2.78 bits per heavy atom. The van der Waals surface area contributed by atoms with E-state index in [2.05, 4.69) is 30.1 Å². The normalized spacial score (nSPS) is 16.7. The monoisotopic (exact) mass is 337 g/mol. The van der Waals surface area contributed by atoms with Crippen molar-refractivity contribution in [2.24, 2.45) is 4.99 Å². The minimum absolute atomic E-state index is 0.408. The highest BCUT2D eigenvalue weighted by atomic mass is 35.5. The quantitative estimate of drug-likeness (QED) is 0.639. The molecule has 0 aromatic heterocycles. The van der Waals surface area contributed by atoms with Crippen molar-refractivity contribution in [3.8, 4) is 0 Å². The first kappa shape index (κ1) is 18.1. The van der Waals surface area contributed by atoms with Gasteiger partial charge in [0.25, 0.3) is 0 Å². The van der Waals surface area contributed by atoms with Gasteiger partial charge in [0.05, 0.1) is 6.10 Å². The van der Waals surface area contributed by atoms with Crippen LogP contribution in [-0.2, 0) is 11.2 Å². The zero-order valence-electron chi connectivity index (χ0n) is 14.2. The van der Waals surface area contributed by atoms with Crippen molar-refractivity contribution < 1.29 is 4.74 Å². The van der Waals surface area contributed by atoms with Crippen LogP contribution in [0.2, 0.25) is 5.02 Å². The highest BCUT2D eigenvalue weighted by molar-refractivity contribution is 6.30. The van der Waals surface area contributed by atoms with Crippen LogP contribution in [0.4, 0.5) is 0 Å². The van der Waals surface area contributed by atoms with Gasteiger partial charge in [-0.05, 0) is 50.8 Å². The third kappa shape index (κ3) is 6.04. The van der Waals surface area contributed by atoms with Gasteiger partial charge in [0.2, 0.25) is 0 Å². The molecule has 0 saturated carbocycles. The number of likely N-dealkylation sites (tertiary alicyclic amines) is 1. The standard InChI is InChI=1S/C18H28ClN3O/c1-3-20-18(22-12-9-17(10-13-22)23-4-2)21-11-8-15-6-5-7-16(19)14-15/h5-7,14,17H,3-4,8-13H2,1-2H3,(H,20,21). The number of benzene rings is 1. The first-order valence-electron chi connectivity index (χ1n) is 8.62. The van der Waals surface area contributed by atoms with Gasteiger partial charge in [0.15, 0.2) is 5.96 Å². The van der Waals surface area contributed by atoms with E-state index in [9.17, 15) is 0 Å². The van der Waals surface area contributed by atoms with Crippen molar-refractivity contribution in [2.45, 2.75) is 39.2 Å². The number of aliphatic imine (C=N–C) groups is 1. The van der Waals surface area contributed by atoms with Gasteiger partial charge < -0.3 is 15.0 Å². The fraction of sp³-hybridized carbons (Fsp3) is 0.611.